The lowest BCUT2D eigenvalue weighted by Gasteiger charge is -2.27. The Morgan fingerprint density at radius 1 is 1.00 bits per heavy atom. The van der Waals surface area contributed by atoms with Gasteiger partial charge in [-0.25, -0.2) is 4.98 Å². The van der Waals surface area contributed by atoms with Gasteiger partial charge in [-0.15, -0.1) is 0 Å². The number of carbonyl (C=O) groups is 1. The second-order valence-corrected chi connectivity index (χ2v) is 10.3. The quantitative estimate of drug-likeness (QED) is 0.298. The Balaban J connectivity index is 1.70. The Hall–Kier alpha value is -4.17. The van der Waals surface area contributed by atoms with Gasteiger partial charge in [0.05, 0.1) is 25.3 Å². The van der Waals surface area contributed by atoms with Gasteiger partial charge < -0.3 is 4.74 Å². The van der Waals surface area contributed by atoms with Crippen LogP contribution in [0.4, 0.5) is 5.82 Å². The Labute approximate surface area is 213 Å². The fourth-order valence-electron chi connectivity index (χ4n) is 4.31. The third-order valence-electron chi connectivity index (χ3n) is 6.14. The van der Waals surface area contributed by atoms with Crippen LogP contribution in [0.5, 0.6) is 5.75 Å². The van der Waals surface area contributed by atoms with E-state index in [0.717, 1.165) is 38.8 Å². The molecule has 1 aromatic heterocycles. The number of pyridine rings is 1. The van der Waals surface area contributed by atoms with Gasteiger partial charge in [0.2, 0.25) is 5.91 Å². The fraction of sp³-hybridized carbons (Fsp3) is 0.258. The molecule has 4 rings (SSSR count). The van der Waals surface area contributed by atoms with Crippen molar-refractivity contribution >= 4 is 22.5 Å². The topological polar surface area (TPSA) is 66.2 Å². The van der Waals surface area contributed by atoms with Gasteiger partial charge in [-0.3, -0.25) is 9.69 Å². The average Bonchev–Trinajstić information content (AvgIpc) is 2.86. The maximum absolute atomic E-state index is 13.6. The number of rotatable bonds is 6. The van der Waals surface area contributed by atoms with Crippen molar-refractivity contribution in [3.8, 4) is 22.9 Å². The summed E-state index contributed by atoms with van der Waals surface area (Å²) in [5.74, 6) is 1.44. The molecule has 0 unspecified atom stereocenters. The molecule has 0 aliphatic heterocycles. The van der Waals surface area contributed by atoms with Crippen molar-refractivity contribution in [2.24, 2.45) is 5.41 Å². The number of nitriles is 1. The van der Waals surface area contributed by atoms with Gasteiger partial charge in [-0.05, 0) is 70.3 Å². The van der Waals surface area contributed by atoms with Crippen LogP contribution in [-0.2, 0) is 11.3 Å². The minimum Gasteiger partial charge on any atom is -0.496 e. The van der Waals surface area contributed by atoms with Gasteiger partial charge in [-0.2, -0.15) is 5.26 Å². The first-order valence-electron chi connectivity index (χ1n) is 12.0. The lowest BCUT2D eigenvalue weighted by atomic mass is 9.91. The first kappa shape index (κ1) is 24.9. The van der Waals surface area contributed by atoms with Gasteiger partial charge in [0.25, 0.3) is 0 Å². The zero-order valence-electron chi connectivity index (χ0n) is 21.5. The largest absolute Gasteiger partial charge is 0.496 e. The number of aryl methyl sites for hydroxylation is 1. The molecule has 0 N–H and O–H groups in total. The van der Waals surface area contributed by atoms with Crippen molar-refractivity contribution in [1.82, 2.24) is 4.98 Å². The van der Waals surface area contributed by atoms with Crippen LogP contribution in [0.2, 0.25) is 0 Å². The van der Waals surface area contributed by atoms with Crippen molar-refractivity contribution in [3.05, 3.63) is 89.6 Å². The molecule has 0 radical (unpaired) electrons. The lowest BCUT2D eigenvalue weighted by molar-refractivity contribution is -0.120. The second-order valence-electron chi connectivity index (χ2n) is 10.3. The maximum atomic E-state index is 13.6. The molecule has 0 saturated heterocycles. The number of hydrogen-bond acceptors (Lipinski definition) is 4. The molecule has 1 amide bonds. The van der Waals surface area contributed by atoms with Crippen molar-refractivity contribution in [1.29, 1.82) is 5.26 Å². The SMILES string of the molecule is COc1ccc(-c2ccc(CN(C(=O)CC(C)(C)C)c3nccc4ccc(C#N)cc34)cc2)cc1C. The highest BCUT2D eigenvalue weighted by molar-refractivity contribution is 6.02. The van der Waals surface area contributed by atoms with Gasteiger partial charge in [-0.1, -0.05) is 57.2 Å². The molecule has 0 saturated carbocycles. The highest BCUT2D eigenvalue weighted by atomic mass is 16.5. The van der Waals surface area contributed by atoms with Gasteiger partial charge >= 0.3 is 0 Å². The lowest BCUT2D eigenvalue weighted by Crippen LogP contribution is -2.34. The van der Waals surface area contributed by atoms with E-state index in [4.69, 9.17) is 4.74 Å². The van der Waals surface area contributed by atoms with Gasteiger partial charge in [0.15, 0.2) is 0 Å². The van der Waals surface area contributed by atoms with Crippen molar-refractivity contribution in [2.45, 2.75) is 40.7 Å². The van der Waals surface area contributed by atoms with Crippen LogP contribution >= 0.6 is 0 Å². The second kappa shape index (κ2) is 10.2. The Morgan fingerprint density at radius 3 is 2.36 bits per heavy atom. The van der Waals surface area contributed by atoms with E-state index in [1.807, 2.05) is 37.3 Å². The van der Waals surface area contributed by atoms with Crippen molar-refractivity contribution in [3.63, 3.8) is 0 Å². The molecule has 0 fully saturated rings. The molecule has 0 spiro atoms. The summed E-state index contributed by atoms with van der Waals surface area (Å²) in [6.07, 6.45) is 2.10. The summed E-state index contributed by atoms with van der Waals surface area (Å²) >= 11 is 0. The third kappa shape index (κ3) is 5.55. The fourth-order valence-corrected chi connectivity index (χ4v) is 4.31. The number of fused-ring (bicyclic) bond motifs is 1. The molecule has 0 atom stereocenters. The average molecular weight is 478 g/mol. The van der Waals surface area contributed by atoms with Crippen LogP contribution in [0.15, 0.2) is 72.9 Å². The van der Waals surface area contributed by atoms with Gasteiger partial charge in [0, 0.05) is 18.0 Å². The number of carbonyl (C=O) groups excluding carboxylic acids is 1. The monoisotopic (exact) mass is 477 g/mol. The highest BCUT2D eigenvalue weighted by Gasteiger charge is 2.25. The predicted molar refractivity (Wildman–Crippen MR) is 145 cm³/mol. The van der Waals surface area contributed by atoms with Crippen LogP contribution in [0.25, 0.3) is 21.9 Å². The van der Waals surface area contributed by atoms with Crippen LogP contribution in [0.1, 0.15) is 43.9 Å². The Bertz CT molecular complexity index is 1440. The molecule has 3 aromatic carbocycles. The molecule has 0 aliphatic carbocycles. The summed E-state index contributed by atoms with van der Waals surface area (Å²) in [5, 5.41) is 11.2. The molecule has 5 heteroatoms. The van der Waals surface area contributed by atoms with Crippen molar-refractivity contribution in [2.75, 3.05) is 12.0 Å². The molecule has 1 heterocycles. The molecular weight excluding hydrogens is 446 g/mol. The number of benzene rings is 3. The van der Waals surface area contributed by atoms with Gasteiger partial charge in [0.1, 0.15) is 11.6 Å². The summed E-state index contributed by atoms with van der Waals surface area (Å²) in [6.45, 7) is 8.58. The van der Waals surface area contributed by atoms with E-state index in [-0.39, 0.29) is 11.3 Å². The number of hydrogen-bond donors (Lipinski definition) is 0. The first-order chi connectivity index (χ1) is 17.2. The molecule has 4 aromatic rings. The number of methoxy groups -OCH3 is 1. The van der Waals surface area contributed by atoms with E-state index < -0.39 is 0 Å². The zero-order valence-corrected chi connectivity index (χ0v) is 21.5. The van der Waals surface area contributed by atoms with Crippen LogP contribution in [-0.4, -0.2) is 18.0 Å². The van der Waals surface area contributed by atoms with Crippen LogP contribution in [0.3, 0.4) is 0 Å². The first-order valence-corrected chi connectivity index (χ1v) is 12.0. The molecule has 0 bridgehead atoms. The smallest absolute Gasteiger partial charge is 0.229 e. The minimum absolute atomic E-state index is 0.000263. The normalized spacial score (nSPS) is 11.2. The molecule has 36 heavy (non-hydrogen) atoms. The molecule has 0 aliphatic rings. The molecular formula is C31H31N3O2. The predicted octanol–water partition coefficient (Wildman–Crippen LogP) is 7.06. The maximum Gasteiger partial charge on any atom is 0.229 e. The third-order valence-corrected chi connectivity index (χ3v) is 6.14. The summed E-state index contributed by atoms with van der Waals surface area (Å²) in [7, 11) is 1.68. The van der Waals surface area contributed by atoms with Crippen molar-refractivity contribution < 1.29 is 9.53 Å². The Kier molecular flexibility index (Phi) is 7.07. The van der Waals surface area contributed by atoms with E-state index >= 15 is 0 Å². The summed E-state index contributed by atoms with van der Waals surface area (Å²) < 4.78 is 5.38. The van der Waals surface area contributed by atoms with E-state index in [9.17, 15) is 10.1 Å². The molecule has 182 valence electrons. The van der Waals surface area contributed by atoms with E-state index in [1.54, 1.807) is 24.3 Å². The summed E-state index contributed by atoms with van der Waals surface area (Å²) in [4.78, 5) is 19.9. The van der Waals surface area contributed by atoms with Crippen LogP contribution in [0, 0.1) is 23.7 Å². The standard InChI is InChI=1S/C31H31N3O2/c1-21-16-26(12-13-28(21)36-5)24-9-6-22(7-10-24)20-34(29(35)18-31(2,3)4)30-27-17-23(19-32)8-11-25(27)14-15-33-30/h6-17H,18,20H2,1-5H3. The van der Waals surface area contributed by atoms with E-state index in [0.29, 0.717) is 24.3 Å². The number of aromatic nitrogens is 1. The van der Waals surface area contributed by atoms with E-state index in [2.05, 4.69) is 62.2 Å². The minimum atomic E-state index is -0.173. The number of nitrogens with zero attached hydrogens (tertiary/aromatic N) is 3. The highest BCUT2D eigenvalue weighted by Crippen LogP contribution is 2.31. The number of ether oxygens (including phenoxy) is 1. The summed E-state index contributed by atoms with van der Waals surface area (Å²) in [5.41, 5.74) is 4.66. The Morgan fingerprint density at radius 2 is 1.72 bits per heavy atom. The van der Waals surface area contributed by atoms with E-state index in [1.165, 1.54) is 0 Å². The zero-order chi connectivity index (χ0) is 25.9. The van der Waals surface area contributed by atoms with Crippen LogP contribution < -0.4 is 9.64 Å². The summed E-state index contributed by atoms with van der Waals surface area (Å²) in [6, 6.07) is 24.0. The number of amides is 1. The molecule has 5 nitrogen and oxygen atoms in total. The number of anilines is 1.